The van der Waals surface area contributed by atoms with Crippen molar-refractivity contribution in [3.8, 4) is 0 Å². The number of ether oxygens (including phenoxy) is 1. The van der Waals surface area contributed by atoms with Gasteiger partial charge in [0, 0.05) is 6.08 Å². The Kier molecular flexibility index (Phi) is 2.90. The van der Waals surface area contributed by atoms with Crippen LogP contribution in [0.25, 0.3) is 0 Å². The molecule has 0 aromatic heterocycles. The van der Waals surface area contributed by atoms with Crippen LogP contribution < -0.4 is 0 Å². The van der Waals surface area contributed by atoms with E-state index >= 15 is 0 Å². The third-order valence-corrected chi connectivity index (χ3v) is 1.16. The van der Waals surface area contributed by atoms with Gasteiger partial charge in [0.25, 0.3) is 0 Å². The van der Waals surface area contributed by atoms with Crippen LogP contribution in [0, 0.1) is 0 Å². The molecule has 1 aliphatic rings. The van der Waals surface area contributed by atoms with Crippen molar-refractivity contribution in [2.24, 2.45) is 0 Å². The number of carboxylic acid groups (broad SMARTS) is 1. The van der Waals surface area contributed by atoms with Crippen molar-refractivity contribution < 1.29 is 14.6 Å². The molecular weight excluding hydrogens is 156 g/mol. The summed E-state index contributed by atoms with van der Waals surface area (Å²) in [7, 11) is 0. The zero-order valence-corrected chi connectivity index (χ0v) is 6.31. The highest BCUT2D eigenvalue weighted by molar-refractivity contribution is 5.80. The van der Waals surface area contributed by atoms with Crippen molar-refractivity contribution in [3.05, 3.63) is 48.5 Å². The van der Waals surface area contributed by atoms with Gasteiger partial charge in [-0.3, -0.25) is 0 Å². The predicted molar refractivity (Wildman–Crippen MR) is 44.2 cm³/mol. The van der Waals surface area contributed by atoms with E-state index in [0.717, 1.165) is 6.08 Å². The largest absolute Gasteiger partial charge is 0.478 e. The Morgan fingerprint density at radius 2 is 2.25 bits per heavy atom. The topological polar surface area (TPSA) is 46.5 Å². The molecule has 0 aliphatic carbocycles. The summed E-state index contributed by atoms with van der Waals surface area (Å²) in [6.07, 6.45) is 10.9. The average Bonchev–Trinajstić information content (AvgIpc) is 2.28. The lowest BCUT2D eigenvalue weighted by atomic mass is 10.3. The van der Waals surface area contributed by atoms with Crippen molar-refractivity contribution >= 4 is 5.97 Å². The van der Waals surface area contributed by atoms with Crippen LogP contribution in [0.4, 0.5) is 0 Å². The minimum Gasteiger partial charge on any atom is -0.478 e. The summed E-state index contributed by atoms with van der Waals surface area (Å²) in [4.78, 5) is 10.1. The molecule has 1 aliphatic heterocycles. The fraction of sp³-hybridized carbons (Fsp3) is 0. The molecule has 0 spiro atoms. The van der Waals surface area contributed by atoms with Gasteiger partial charge in [-0.15, -0.1) is 0 Å². The van der Waals surface area contributed by atoms with Crippen LogP contribution in [0.1, 0.15) is 0 Å². The van der Waals surface area contributed by atoms with Crippen LogP contribution >= 0.6 is 0 Å². The number of aliphatic carboxylic acids is 1. The average molecular weight is 164 g/mol. The van der Waals surface area contributed by atoms with E-state index in [0.29, 0.717) is 5.76 Å². The first-order chi connectivity index (χ1) is 5.79. The summed E-state index contributed by atoms with van der Waals surface area (Å²) in [5.74, 6) is -0.487. The Morgan fingerprint density at radius 1 is 1.42 bits per heavy atom. The SMILES string of the molecule is O=C(O)C=CC1=CC=CC=CO1. The summed E-state index contributed by atoms with van der Waals surface area (Å²) in [6, 6.07) is 0. The molecular formula is C9H8O3. The van der Waals surface area contributed by atoms with Crippen LogP contribution in [0.3, 0.4) is 0 Å². The summed E-state index contributed by atoms with van der Waals surface area (Å²) in [6.45, 7) is 0. The lowest BCUT2D eigenvalue weighted by Crippen LogP contribution is -1.87. The maximum absolute atomic E-state index is 10.1. The molecule has 12 heavy (non-hydrogen) atoms. The van der Waals surface area contributed by atoms with E-state index in [2.05, 4.69) is 0 Å². The van der Waals surface area contributed by atoms with E-state index in [9.17, 15) is 4.79 Å². The normalized spacial score (nSPS) is 15.5. The minimum absolute atomic E-state index is 0.502. The van der Waals surface area contributed by atoms with Crippen molar-refractivity contribution in [1.29, 1.82) is 0 Å². The summed E-state index contributed by atoms with van der Waals surface area (Å²) < 4.78 is 5.02. The highest BCUT2D eigenvalue weighted by Gasteiger charge is 1.92. The number of hydrogen-bond acceptors (Lipinski definition) is 2. The fourth-order valence-corrected chi connectivity index (χ4v) is 0.665. The zero-order chi connectivity index (χ0) is 8.81. The van der Waals surface area contributed by atoms with E-state index in [4.69, 9.17) is 9.84 Å². The minimum atomic E-state index is -0.989. The smallest absolute Gasteiger partial charge is 0.328 e. The molecule has 0 aromatic rings. The van der Waals surface area contributed by atoms with E-state index < -0.39 is 5.97 Å². The molecule has 0 radical (unpaired) electrons. The molecule has 3 heteroatoms. The highest BCUT2D eigenvalue weighted by Crippen LogP contribution is 2.04. The standard InChI is InChI=1S/C9H8O3/c10-9(11)6-5-8-4-2-1-3-7-12-8/h1-7H,(H,10,11). The molecule has 0 unspecified atom stereocenters. The number of hydrogen-bond donors (Lipinski definition) is 1. The predicted octanol–water partition coefficient (Wildman–Crippen LogP) is 1.61. The van der Waals surface area contributed by atoms with Gasteiger partial charge in [-0.05, 0) is 18.2 Å². The van der Waals surface area contributed by atoms with Gasteiger partial charge in [0.05, 0.1) is 6.26 Å². The lowest BCUT2D eigenvalue weighted by molar-refractivity contribution is -0.131. The van der Waals surface area contributed by atoms with Crippen molar-refractivity contribution in [1.82, 2.24) is 0 Å². The second-order valence-electron chi connectivity index (χ2n) is 2.07. The van der Waals surface area contributed by atoms with Gasteiger partial charge >= 0.3 is 5.97 Å². The van der Waals surface area contributed by atoms with Crippen LogP contribution in [-0.2, 0) is 9.53 Å². The van der Waals surface area contributed by atoms with Crippen LogP contribution in [0.5, 0.6) is 0 Å². The molecule has 0 aromatic carbocycles. The van der Waals surface area contributed by atoms with E-state index in [1.165, 1.54) is 12.3 Å². The van der Waals surface area contributed by atoms with Gasteiger partial charge in [-0.1, -0.05) is 12.2 Å². The first kappa shape index (κ1) is 8.33. The Bertz CT molecular complexity index is 282. The molecule has 1 N–H and O–H groups in total. The second-order valence-corrected chi connectivity index (χ2v) is 2.07. The van der Waals surface area contributed by atoms with Gasteiger partial charge in [0.15, 0.2) is 0 Å². The number of carboxylic acids is 1. The summed E-state index contributed by atoms with van der Waals surface area (Å²) in [5, 5.41) is 8.31. The monoisotopic (exact) mass is 164 g/mol. The molecule has 0 bridgehead atoms. The quantitative estimate of drug-likeness (QED) is 0.630. The summed E-state index contributed by atoms with van der Waals surface area (Å²) >= 11 is 0. The first-order valence-electron chi connectivity index (χ1n) is 3.40. The van der Waals surface area contributed by atoms with Crippen LogP contribution in [0.2, 0.25) is 0 Å². The fourth-order valence-electron chi connectivity index (χ4n) is 0.665. The van der Waals surface area contributed by atoms with Gasteiger partial charge in [0.1, 0.15) is 5.76 Å². The molecule has 0 saturated heterocycles. The highest BCUT2D eigenvalue weighted by atomic mass is 16.5. The maximum atomic E-state index is 10.1. The molecule has 1 heterocycles. The molecule has 0 fully saturated rings. The van der Waals surface area contributed by atoms with Gasteiger partial charge in [0.2, 0.25) is 0 Å². The molecule has 1 rings (SSSR count). The van der Waals surface area contributed by atoms with E-state index in [-0.39, 0.29) is 0 Å². The molecule has 0 saturated carbocycles. The zero-order valence-electron chi connectivity index (χ0n) is 6.31. The van der Waals surface area contributed by atoms with Gasteiger partial charge in [-0.2, -0.15) is 0 Å². The maximum Gasteiger partial charge on any atom is 0.328 e. The van der Waals surface area contributed by atoms with Crippen molar-refractivity contribution in [2.75, 3.05) is 0 Å². The number of rotatable bonds is 2. The third-order valence-electron chi connectivity index (χ3n) is 1.16. The Balaban J connectivity index is 2.63. The Morgan fingerprint density at radius 3 is 3.00 bits per heavy atom. The third kappa shape index (κ3) is 2.88. The van der Waals surface area contributed by atoms with Crippen molar-refractivity contribution in [3.63, 3.8) is 0 Å². The van der Waals surface area contributed by atoms with E-state index in [1.54, 1.807) is 24.3 Å². The van der Waals surface area contributed by atoms with E-state index in [1.807, 2.05) is 0 Å². The molecule has 0 atom stereocenters. The van der Waals surface area contributed by atoms with Crippen molar-refractivity contribution in [2.45, 2.75) is 0 Å². The first-order valence-corrected chi connectivity index (χ1v) is 3.40. The molecule has 3 nitrogen and oxygen atoms in total. The number of allylic oxidation sites excluding steroid dienone is 5. The summed E-state index contributed by atoms with van der Waals surface area (Å²) in [5.41, 5.74) is 0. The molecule has 0 amide bonds. The Labute approximate surface area is 70.0 Å². The van der Waals surface area contributed by atoms with Gasteiger partial charge < -0.3 is 9.84 Å². The second kappa shape index (κ2) is 4.18. The lowest BCUT2D eigenvalue weighted by Gasteiger charge is -1.95. The van der Waals surface area contributed by atoms with Crippen LogP contribution in [-0.4, -0.2) is 11.1 Å². The molecule has 62 valence electrons. The van der Waals surface area contributed by atoms with Crippen LogP contribution in [0.15, 0.2) is 48.5 Å². The number of carbonyl (C=O) groups is 1. The Hall–Kier alpha value is -1.77. The van der Waals surface area contributed by atoms with Gasteiger partial charge in [-0.25, -0.2) is 4.79 Å².